The molecule has 0 bridgehead atoms. The zero-order chi connectivity index (χ0) is 35.9. The largest absolute Gasteiger partial charge is 0.519 e. The van der Waals surface area contributed by atoms with Gasteiger partial charge in [0.25, 0.3) is 0 Å². The Morgan fingerprint density at radius 3 is 1.10 bits per heavy atom. The molecule has 0 aliphatic carbocycles. The first-order chi connectivity index (χ1) is 25.3. The summed E-state index contributed by atoms with van der Waals surface area (Å²) in [6.07, 6.45) is -1.64. The maximum absolute atomic E-state index is 13.4. The summed E-state index contributed by atoms with van der Waals surface area (Å²) in [5.41, 5.74) is 5.92. The first kappa shape index (κ1) is 32.5. The van der Waals surface area contributed by atoms with E-state index >= 15 is 0 Å². The molecule has 0 spiro atoms. The van der Waals surface area contributed by atoms with E-state index in [1.54, 1.807) is 24.3 Å². The summed E-state index contributed by atoms with van der Waals surface area (Å²) >= 11 is 0. The van der Waals surface area contributed by atoms with Crippen LogP contribution in [0.3, 0.4) is 0 Å². The summed E-state index contributed by atoms with van der Waals surface area (Å²) in [4.78, 5) is 26.7. The minimum atomic E-state index is -0.822. The number of fused-ring (bicyclic) bond motifs is 4. The smallest absolute Gasteiger partial charge is 0.395 e. The zero-order valence-corrected chi connectivity index (χ0v) is 29.2. The molecule has 0 N–H and O–H groups in total. The van der Waals surface area contributed by atoms with Gasteiger partial charge >= 0.3 is 12.3 Å². The Morgan fingerprint density at radius 2 is 0.712 bits per heavy atom. The summed E-state index contributed by atoms with van der Waals surface area (Å²) in [6.45, 7) is 7.96. The molecule has 6 nitrogen and oxygen atoms in total. The van der Waals surface area contributed by atoms with Gasteiger partial charge < -0.3 is 18.9 Å². The fraction of sp³-hybridized carbons (Fsp3) is 0.0870. The van der Waals surface area contributed by atoms with Gasteiger partial charge in [-0.05, 0) is 95.8 Å². The molecule has 0 aliphatic rings. The Labute approximate surface area is 300 Å². The van der Waals surface area contributed by atoms with Gasteiger partial charge in [0.05, 0.1) is 0 Å². The maximum Gasteiger partial charge on any atom is 0.519 e. The van der Waals surface area contributed by atoms with Crippen molar-refractivity contribution in [3.8, 4) is 34.1 Å². The minimum absolute atomic E-state index is 0.399. The lowest BCUT2D eigenvalue weighted by atomic mass is 9.84. The number of benzene rings is 8. The third-order valence-electron chi connectivity index (χ3n) is 9.49. The Hall–Kier alpha value is -6.66. The van der Waals surface area contributed by atoms with Crippen molar-refractivity contribution in [2.45, 2.75) is 27.7 Å². The van der Waals surface area contributed by atoms with E-state index in [2.05, 4.69) is 12.1 Å². The SMILES string of the molecule is Cc1ccc(OC(=O)Oc2c3ccccc3c(-c3c4ccccc4c(OC(=O)Oc4ccc(C)cc4)c4c(C)cccc34)c3cccc(C)c23)cc1. The quantitative estimate of drug-likeness (QED) is 0.102. The average Bonchev–Trinajstić information content (AvgIpc) is 3.14. The van der Waals surface area contributed by atoms with E-state index in [-0.39, 0.29) is 0 Å². The second kappa shape index (κ2) is 13.2. The van der Waals surface area contributed by atoms with E-state index < -0.39 is 12.3 Å². The monoisotopic (exact) mass is 682 g/mol. The molecule has 0 saturated heterocycles. The minimum Gasteiger partial charge on any atom is -0.395 e. The molecule has 0 saturated carbocycles. The Balaban J connectivity index is 1.36. The summed E-state index contributed by atoms with van der Waals surface area (Å²) < 4.78 is 23.5. The summed E-state index contributed by atoms with van der Waals surface area (Å²) in [5, 5.41) is 6.68. The molecule has 8 aromatic carbocycles. The van der Waals surface area contributed by atoms with Gasteiger partial charge in [0.1, 0.15) is 11.5 Å². The Bertz CT molecular complexity index is 2500. The van der Waals surface area contributed by atoms with Crippen LogP contribution >= 0.6 is 0 Å². The van der Waals surface area contributed by atoms with Gasteiger partial charge in [-0.2, -0.15) is 0 Å². The van der Waals surface area contributed by atoms with E-state index in [0.717, 1.165) is 76.5 Å². The standard InChI is InChI=1S/C46H34O6/c1-27-19-23-31(24-20-27)49-45(47)51-43-35-15-7-5-13-33(35)41(37-17-9-11-29(3)39(37)43)42-34-14-6-8-16-36(34)44(40-30(4)12-10-18-38(40)42)52-46(48)50-32-25-21-28(2)22-26-32/h5-26H,1-4H3. The van der Waals surface area contributed by atoms with Crippen LogP contribution in [0, 0.1) is 27.7 Å². The first-order valence-corrected chi connectivity index (χ1v) is 17.1. The van der Waals surface area contributed by atoms with E-state index in [9.17, 15) is 9.59 Å². The lowest BCUT2D eigenvalue weighted by molar-refractivity contribution is 0.152. The first-order valence-electron chi connectivity index (χ1n) is 17.1. The van der Waals surface area contributed by atoms with Crippen molar-refractivity contribution >= 4 is 55.4 Å². The van der Waals surface area contributed by atoms with E-state index in [4.69, 9.17) is 18.9 Å². The van der Waals surface area contributed by atoms with Crippen molar-refractivity contribution in [2.24, 2.45) is 0 Å². The summed E-state index contributed by atoms with van der Waals surface area (Å²) in [7, 11) is 0. The Morgan fingerprint density at radius 1 is 0.365 bits per heavy atom. The van der Waals surface area contributed by atoms with Gasteiger partial charge in [0, 0.05) is 21.5 Å². The molecule has 52 heavy (non-hydrogen) atoms. The van der Waals surface area contributed by atoms with Crippen molar-refractivity contribution in [1.82, 2.24) is 0 Å². The van der Waals surface area contributed by atoms with Gasteiger partial charge in [0.15, 0.2) is 11.5 Å². The van der Waals surface area contributed by atoms with Crippen LogP contribution in [0.15, 0.2) is 133 Å². The number of carbonyl (C=O) groups is 2. The number of aryl methyl sites for hydroxylation is 4. The molecule has 0 atom stereocenters. The molecule has 0 amide bonds. The van der Waals surface area contributed by atoms with Gasteiger partial charge in [-0.1, -0.05) is 120 Å². The summed E-state index contributed by atoms with van der Waals surface area (Å²) in [6, 6.07) is 42.5. The molecule has 0 fully saturated rings. The molecule has 8 rings (SSSR count). The third kappa shape index (κ3) is 5.84. The van der Waals surface area contributed by atoms with Crippen LogP contribution in [0.5, 0.6) is 23.0 Å². The number of hydrogen-bond acceptors (Lipinski definition) is 6. The number of ether oxygens (including phenoxy) is 4. The molecule has 0 radical (unpaired) electrons. The van der Waals surface area contributed by atoms with Crippen molar-refractivity contribution in [3.63, 3.8) is 0 Å². The molecule has 0 aromatic heterocycles. The maximum atomic E-state index is 13.4. The molecule has 8 aromatic rings. The average molecular weight is 683 g/mol. The molecular weight excluding hydrogens is 648 g/mol. The molecule has 0 unspecified atom stereocenters. The topological polar surface area (TPSA) is 71.1 Å². The fourth-order valence-electron chi connectivity index (χ4n) is 7.08. The number of hydrogen-bond donors (Lipinski definition) is 0. The van der Waals surface area contributed by atoms with Crippen LogP contribution in [0.2, 0.25) is 0 Å². The van der Waals surface area contributed by atoms with E-state index in [1.807, 2.05) is 125 Å². The second-order valence-corrected chi connectivity index (χ2v) is 13.0. The highest BCUT2D eigenvalue weighted by molar-refractivity contribution is 6.27. The van der Waals surface area contributed by atoms with Crippen LogP contribution in [-0.4, -0.2) is 12.3 Å². The lowest BCUT2D eigenvalue weighted by Crippen LogP contribution is -2.15. The second-order valence-electron chi connectivity index (χ2n) is 13.0. The fourth-order valence-corrected chi connectivity index (χ4v) is 7.08. The van der Waals surface area contributed by atoms with Gasteiger partial charge in [-0.15, -0.1) is 0 Å². The highest BCUT2D eigenvalue weighted by atomic mass is 16.7. The molecule has 0 heterocycles. The highest BCUT2D eigenvalue weighted by Gasteiger charge is 2.26. The zero-order valence-electron chi connectivity index (χ0n) is 29.2. The molecular formula is C46H34O6. The summed E-state index contributed by atoms with van der Waals surface area (Å²) in [5.74, 6) is 1.65. The lowest BCUT2D eigenvalue weighted by Gasteiger charge is -2.22. The van der Waals surface area contributed by atoms with Crippen molar-refractivity contribution < 1.29 is 28.5 Å². The number of carbonyl (C=O) groups excluding carboxylic acids is 2. The van der Waals surface area contributed by atoms with Crippen LogP contribution < -0.4 is 18.9 Å². The van der Waals surface area contributed by atoms with Gasteiger partial charge in [-0.25, -0.2) is 9.59 Å². The van der Waals surface area contributed by atoms with Crippen molar-refractivity contribution in [3.05, 3.63) is 156 Å². The van der Waals surface area contributed by atoms with Gasteiger partial charge in [-0.3, -0.25) is 0 Å². The molecule has 0 aliphatic heterocycles. The van der Waals surface area contributed by atoms with Crippen molar-refractivity contribution in [1.29, 1.82) is 0 Å². The normalized spacial score (nSPS) is 11.2. The highest BCUT2D eigenvalue weighted by Crippen LogP contribution is 2.51. The molecule has 6 heteroatoms. The van der Waals surface area contributed by atoms with Crippen molar-refractivity contribution in [2.75, 3.05) is 0 Å². The van der Waals surface area contributed by atoms with E-state index in [0.29, 0.717) is 23.0 Å². The predicted octanol–water partition coefficient (Wildman–Crippen LogP) is 12.4. The van der Waals surface area contributed by atoms with Crippen LogP contribution in [0.1, 0.15) is 22.3 Å². The predicted molar refractivity (Wildman–Crippen MR) is 207 cm³/mol. The third-order valence-corrected chi connectivity index (χ3v) is 9.49. The van der Waals surface area contributed by atoms with Gasteiger partial charge in [0.2, 0.25) is 0 Å². The molecule has 254 valence electrons. The van der Waals surface area contributed by atoms with Crippen LogP contribution in [-0.2, 0) is 0 Å². The number of rotatable bonds is 5. The van der Waals surface area contributed by atoms with E-state index in [1.165, 1.54) is 0 Å². The Kier molecular flexibility index (Phi) is 8.28. The van der Waals surface area contributed by atoms with Crippen LogP contribution in [0.4, 0.5) is 9.59 Å². The van der Waals surface area contributed by atoms with Crippen LogP contribution in [0.25, 0.3) is 54.2 Å².